The highest BCUT2D eigenvalue weighted by molar-refractivity contribution is 7.10. The van der Waals surface area contributed by atoms with Crippen molar-refractivity contribution in [1.82, 2.24) is 20.9 Å². The van der Waals surface area contributed by atoms with E-state index in [1.165, 1.54) is 30.7 Å². The Morgan fingerprint density at radius 1 is 1.10 bits per heavy atom. The van der Waals surface area contributed by atoms with Crippen LogP contribution in [0.25, 0.3) is 11.3 Å². The van der Waals surface area contributed by atoms with Crippen molar-refractivity contribution in [3.05, 3.63) is 98.9 Å². The van der Waals surface area contributed by atoms with Crippen LogP contribution in [0, 0.1) is 17.7 Å². The molecular formula is C42H57FN6O2S. The van der Waals surface area contributed by atoms with Crippen LogP contribution in [0.3, 0.4) is 0 Å². The van der Waals surface area contributed by atoms with E-state index >= 15 is 0 Å². The Balaban J connectivity index is 0.000000487. The van der Waals surface area contributed by atoms with Crippen molar-refractivity contribution in [2.24, 2.45) is 10.7 Å². The summed E-state index contributed by atoms with van der Waals surface area (Å²) in [6, 6.07) is 13.0. The molecule has 52 heavy (non-hydrogen) atoms. The van der Waals surface area contributed by atoms with E-state index < -0.39 is 5.91 Å². The van der Waals surface area contributed by atoms with Crippen LogP contribution in [0.5, 0.6) is 0 Å². The number of hydrogen-bond donors (Lipinski definition) is 4. The van der Waals surface area contributed by atoms with Gasteiger partial charge in [0.25, 0.3) is 5.91 Å². The Morgan fingerprint density at radius 2 is 1.83 bits per heavy atom. The van der Waals surface area contributed by atoms with Gasteiger partial charge in [-0.15, -0.1) is 11.3 Å². The van der Waals surface area contributed by atoms with Crippen molar-refractivity contribution in [3.8, 4) is 11.8 Å². The van der Waals surface area contributed by atoms with Crippen molar-refractivity contribution >= 4 is 41.0 Å². The molecule has 0 unspecified atom stereocenters. The molecule has 5 N–H and O–H groups in total. The Kier molecular flexibility index (Phi) is 20.6. The van der Waals surface area contributed by atoms with Gasteiger partial charge in [-0.05, 0) is 92.0 Å². The molecule has 0 radical (unpaired) electrons. The zero-order valence-corrected chi connectivity index (χ0v) is 32.6. The van der Waals surface area contributed by atoms with Crippen LogP contribution in [0.4, 0.5) is 4.39 Å². The number of aromatic nitrogens is 1. The summed E-state index contributed by atoms with van der Waals surface area (Å²) < 4.78 is 14.8. The summed E-state index contributed by atoms with van der Waals surface area (Å²) in [5, 5.41) is 12.2. The van der Waals surface area contributed by atoms with E-state index in [-0.39, 0.29) is 24.2 Å². The Hall–Kier alpha value is -4.59. The highest BCUT2D eigenvalue weighted by Crippen LogP contribution is 2.49. The number of aldehydes is 1. The molecule has 2 aromatic carbocycles. The largest absolute Gasteiger partial charge is 0.404 e. The summed E-state index contributed by atoms with van der Waals surface area (Å²) in [5.74, 6) is 4.89. The second-order valence-electron chi connectivity index (χ2n) is 12.1. The number of thiazole rings is 1. The minimum Gasteiger partial charge on any atom is -0.404 e. The molecule has 2 saturated carbocycles. The number of allylic oxidation sites excluding steroid dienone is 2. The summed E-state index contributed by atoms with van der Waals surface area (Å²) in [4.78, 5) is 30.7. The Bertz CT molecular complexity index is 1680. The van der Waals surface area contributed by atoms with Gasteiger partial charge in [0, 0.05) is 53.9 Å². The fraction of sp³-hybridized carbons (Fsp3) is 0.429. The average Bonchev–Trinajstić information content (AvgIpc) is 3.76. The fourth-order valence-corrected chi connectivity index (χ4v) is 5.48. The maximum atomic E-state index is 14.8. The first-order valence-electron chi connectivity index (χ1n) is 18.4. The number of hydrogen-bond acceptors (Lipinski definition) is 8. The predicted octanol–water partition coefficient (Wildman–Crippen LogP) is 8.14. The standard InChI is InChI=1S/C29H33FN4O2.C7H8N2S.C4H10.C2H6/c1-2-12-32-17-23(16-31)22-13-24(15-25(30)14-22)29(10-11-29)34-28(20-7-5-8-20)26-9-4-3-6-21(26)18-33-27(36)19-35;1-8-4-2-3-7-9-5-6-10-7;1-3-4-2;1-2/h3-4,6,9,13-17,19,34H,2,5,7-8,10-12,18,31H2,1H3,(H,33,36);5-6,8H,4H2,1H3;3-4H2,1-2H3;1-2H3/b23-16+,32-17?;;;. The number of nitrogens with one attached hydrogen (secondary N) is 3. The third-order valence-electron chi connectivity index (χ3n) is 8.21. The first-order valence-corrected chi connectivity index (χ1v) is 19.3. The number of rotatable bonds is 13. The molecule has 0 spiro atoms. The monoisotopic (exact) mass is 728 g/mol. The molecule has 280 valence electrons. The van der Waals surface area contributed by atoms with Gasteiger partial charge in [-0.2, -0.15) is 0 Å². The molecule has 1 aromatic heterocycles. The van der Waals surface area contributed by atoms with E-state index in [0.717, 1.165) is 72.5 Å². The minimum absolute atomic E-state index is 0.255. The molecule has 2 fully saturated rings. The van der Waals surface area contributed by atoms with E-state index in [1.807, 2.05) is 56.6 Å². The number of amides is 1. The van der Waals surface area contributed by atoms with Crippen LogP contribution in [-0.2, 0) is 21.7 Å². The number of carbonyl (C=O) groups is 2. The van der Waals surface area contributed by atoms with Crippen molar-refractivity contribution in [2.45, 2.75) is 98.1 Å². The number of unbranched alkanes of at least 4 members (excludes halogenated alkanes) is 1. The molecule has 0 atom stereocenters. The van der Waals surface area contributed by atoms with Crippen molar-refractivity contribution < 1.29 is 14.0 Å². The lowest BCUT2D eigenvalue weighted by Crippen LogP contribution is -2.31. The third kappa shape index (κ3) is 14.2. The zero-order chi connectivity index (χ0) is 38.2. The van der Waals surface area contributed by atoms with E-state index in [1.54, 1.807) is 29.8 Å². The smallest absolute Gasteiger partial charge is 0.284 e. The van der Waals surface area contributed by atoms with Crippen molar-refractivity contribution in [1.29, 1.82) is 0 Å². The highest BCUT2D eigenvalue weighted by atomic mass is 32.1. The van der Waals surface area contributed by atoms with Crippen LogP contribution in [0.2, 0.25) is 0 Å². The Morgan fingerprint density at radius 3 is 2.38 bits per heavy atom. The third-order valence-corrected chi connectivity index (χ3v) is 8.90. The second-order valence-corrected chi connectivity index (χ2v) is 13.0. The molecule has 2 aliphatic rings. The Labute approximate surface area is 314 Å². The van der Waals surface area contributed by atoms with E-state index in [0.29, 0.717) is 17.7 Å². The number of nitrogens with zero attached hydrogens (tertiary/aromatic N) is 2. The van der Waals surface area contributed by atoms with E-state index in [4.69, 9.17) is 5.73 Å². The van der Waals surface area contributed by atoms with Crippen molar-refractivity contribution in [3.63, 3.8) is 0 Å². The minimum atomic E-state index is -0.646. The lowest BCUT2D eigenvalue weighted by Gasteiger charge is -2.30. The molecule has 0 saturated heterocycles. The molecule has 10 heteroatoms. The normalized spacial score (nSPS) is 13.7. The van der Waals surface area contributed by atoms with Gasteiger partial charge in [-0.3, -0.25) is 14.6 Å². The summed E-state index contributed by atoms with van der Waals surface area (Å²) in [7, 11) is 1.87. The lowest BCUT2D eigenvalue weighted by molar-refractivity contribution is -0.131. The maximum Gasteiger partial charge on any atom is 0.284 e. The average molecular weight is 729 g/mol. The summed E-state index contributed by atoms with van der Waals surface area (Å²) in [6.45, 7) is 12.1. The van der Waals surface area contributed by atoms with Gasteiger partial charge in [-0.25, -0.2) is 9.37 Å². The van der Waals surface area contributed by atoms with Gasteiger partial charge in [0.15, 0.2) is 5.01 Å². The van der Waals surface area contributed by atoms with Gasteiger partial charge in [-0.1, -0.05) is 77.6 Å². The molecule has 1 amide bonds. The summed E-state index contributed by atoms with van der Waals surface area (Å²) in [6.07, 6.45) is 13.7. The molecule has 1 heterocycles. The van der Waals surface area contributed by atoms with Crippen LogP contribution in [-0.4, -0.2) is 43.5 Å². The highest BCUT2D eigenvalue weighted by Gasteiger charge is 2.46. The SMILES string of the molecule is CC.CCCC.CCCN=C/C(=C\N)c1cc(F)cc(C2(NC(=C3CCC3)c3ccccc3CNC(=O)C=O)CC2)c1.CNCC#Cc1nccs1. The second kappa shape index (κ2) is 24.6. The molecule has 5 rings (SSSR count). The first kappa shape index (κ1) is 43.6. The van der Waals surface area contributed by atoms with E-state index in [9.17, 15) is 14.0 Å². The van der Waals surface area contributed by atoms with Crippen LogP contribution >= 0.6 is 11.3 Å². The number of halogens is 1. The van der Waals surface area contributed by atoms with Crippen molar-refractivity contribution in [2.75, 3.05) is 20.1 Å². The van der Waals surface area contributed by atoms with E-state index in [2.05, 4.69) is 58.5 Å². The predicted molar refractivity (Wildman–Crippen MR) is 216 cm³/mol. The number of nitrogens with two attached hydrogens (primary N) is 1. The van der Waals surface area contributed by atoms with Crippen LogP contribution in [0.1, 0.15) is 113 Å². The number of carbonyl (C=O) groups excluding carboxylic acids is 2. The quantitative estimate of drug-likeness (QED) is 0.0611. The maximum absolute atomic E-state index is 14.8. The molecule has 8 nitrogen and oxygen atoms in total. The summed E-state index contributed by atoms with van der Waals surface area (Å²) >= 11 is 1.56. The molecule has 0 aliphatic heterocycles. The molecule has 2 aliphatic carbocycles. The van der Waals surface area contributed by atoms with Crippen LogP contribution in [0.15, 0.2) is 70.8 Å². The number of benzene rings is 2. The fourth-order valence-electron chi connectivity index (χ4n) is 4.97. The van der Waals surface area contributed by atoms with Crippen LogP contribution < -0.4 is 21.7 Å². The zero-order valence-electron chi connectivity index (χ0n) is 31.8. The molecular weight excluding hydrogens is 672 g/mol. The van der Waals surface area contributed by atoms with Gasteiger partial charge in [0.1, 0.15) is 5.82 Å². The summed E-state index contributed by atoms with van der Waals surface area (Å²) in [5.41, 5.74) is 12.0. The first-order chi connectivity index (χ1) is 25.3. The van der Waals surface area contributed by atoms with Gasteiger partial charge < -0.3 is 21.7 Å². The topological polar surface area (TPSA) is 121 Å². The number of aliphatic imine (C=N–C) groups is 1. The van der Waals surface area contributed by atoms with Gasteiger partial charge in [0.2, 0.25) is 6.29 Å². The van der Waals surface area contributed by atoms with Gasteiger partial charge >= 0.3 is 0 Å². The molecule has 3 aromatic rings. The van der Waals surface area contributed by atoms with Gasteiger partial charge in [0.05, 0.1) is 12.1 Å². The molecule has 0 bridgehead atoms. The lowest BCUT2D eigenvalue weighted by atomic mass is 9.86.